The number of nitrogens with zero attached hydrogens (tertiary/aromatic N) is 1. The molecule has 1 amide bonds. The van der Waals surface area contributed by atoms with Crippen LogP contribution in [-0.2, 0) is 4.79 Å². The quantitative estimate of drug-likeness (QED) is 0.572. The van der Waals surface area contributed by atoms with Crippen LogP contribution in [0, 0.1) is 0 Å². The van der Waals surface area contributed by atoms with Crippen molar-refractivity contribution in [1.82, 2.24) is 5.43 Å². The number of carbonyl (C=O) groups excluding carboxylic acids is 1. The van der Waals surface area contributed by atoms with Crippen LogP contribution in [0.5, 0.6) is 5.75 Å². The van der Waals surface area contributed by atoms with Crippen molar-refractivity contribution in [2.24, 2.45) is 5.10 Å². The molecule has 2 aromatic rings. The van der Waals surface area contributed by atoms with Crippen molar-refractivity contribution in [1.29, 1.82) is 0 Å². The Morgan fingerprint density at radius 2 is 1.88 bits per heavy atom. The lowest BCUT2D eigenvalue weighted by Crippen LogP contribution is -2.25. The zero-order valence-electron chi connectivity index (χ0n) is 14.8. The molecule has 0 fully saturated rings. The van der Waals surface area contributed by atoms with Gasteiger partial charge in [0.1, 0.15) is 5.75 Å². The molecule has 25 heavy (non-hydrogen) atoms. The Labute approximate surface area is 153 Å². The largest absolute Gasteiger partial charge is 0.483 e. The van der Waals surface area contributed by atoms with Gasteiger partial charge in [-0.3, -0.25) is 4.79 Å². The van der Waals surface area contributed by atoms with E-state index < -0.39 is 0 Å². The highest BCUT2D eigenvalue weighted by Crippen LogP contribution is 2.28. The van der Waals surface area contributed by atoms with Crippen molar-refractivity contribution in [3.05, 3.63) is 64.7 Å². The highest BCUT2D eigenvalue weighted by atomic mass is 35.5. The van der Waals surface area contributed by atoms with Gasteiger partial charge >= 0.3 is 0 Å². The topological polar surface area (TPSA) is 50.7 Å². The maximum Gasteiger partial charge on any atom is 0.277 e. The van der Waals surface area contributed by atoms with Gasteiger partial charge in [-0.25, -0.2) is 5.43 Å². The second-order valence-corrected chi connectivity index (χ2v) is 6.31. The van der Waals surface area contributed by atoms with E-state index in [1.54, 1.807) is 12.1 Å². The van der Waals surface area contributed by atoms with Crippen LogP contribution >= 0.6 is 11.6 Å². The number of hydrogen-bond donors (Lipinski definition) is 1. The van der Waals surface area contributed by atoms with Crippen molar-refractivity contribution in [3.63, 3.8) is 0 Å². The number of carbonyl (C=O) groups is 1. The third-order valence-electron chi connectivity index (χ3n) is 4.03. The Morgan fingerprint density at radius 3 is 2.56 bits per heavy atom. The number of para-hydroxylation sites is 1. The average Bonchev–Trinajstić information content (AvgIpc) is 2.64. The molecule has 0 bridgehead atoms. The fourth-order valence-electron chi connectivity index (χ4n) is 2.32. The predicted molar refractivity (Wildman–Crippen MR) is 102 cm³/mol. The monoisotopic (exact) mass is 358 g/mol. The van der Waals surface area contributed by atoms with E-state index in [2.05, 4.69) is 24.4 Å². The van der Waals surface area contributed by atoms with Crippen molar-refractivity contribution in [2.75, 3.05) is 6.61 Å². The molecular weight excluding hydrogens is 336 g/mol. The third kappa shape index (κ3) is 5.61. The maximum absolute atomic E-state index is 12.0. The standard InChI is InChI=1S/C20H23ClN2O2/c1-4-14(2)18-7-5-6-8-19(18)25-13-20(24)23-22-15(3)16-9-11-17(21)12-10-16/h5-12,14H,4,13H2,1-3H3,(H,23,24)/b22-15+. The van der Waals surface area contributed by atoms with Crippen molar-refractivity contribution < 1.29 is 9.53 Å². The van der Waals surface area contributed by atoms with Crippen LogP contribution in [0.1, 0.15) is 44.2 Å². The van der Waals surface area contributed by atoms with Crippen LogP contribution in [0.15, 0.2) is 53.6 Å². The van der Waals surface area contributed by atoms with E-state index in [1.807, 2.05) is 43.3 Å². The normalized spacial score (nSPS) is 12.6. The van der Waals surface area contributed by atoms with Crippen LogP contribution < -0.4 is 10.2 Å². The van der Waals surface area contributed by atoms with Crippen molar-refractivity contribution >= 4 is 23.2 Å². The Hall–Kier alpha value is -2.33. The highest BCUT2D eigenvalue weighted by Gasteiger charge is 2.11. The van der Waals surface area contributed by atoms with Gasteiger partial charge in [0.2, 0.25) is 0 Å². The van der Waals surface area contributed by atoms with Gasteiger partial charge in [0.15, 0.2) is 6.61 Å². The fourth-order valence-corrected chi connectivity index (χ4v) is 2.44. The van der Waals surface area contributed by atoms with E-state index in [0.29, 0.717) is 16.7 Å². The predicted octanol–water partition coefficient (Wildman–Crippen LogP) is 4.77. The first kappa shape index (κ1) is 19.0. The van der Waals surface area contributed by atoms with Gasteiger partial charge in [0.05, 0.1) is 5.71 Å². The minimum atomic E-state index is -0.299. The minimum absolute atomic E-state index is 0.0785. The van der Waals surface area contributed by atoms with E-state index in [-0.39, 0.29) is 12.5 Å². The van der Waals surface area contributed by atoms with Gasteiger partial charge in [0, 0.05) is 5.02 Å². The molecule has 0 saturated carbocycles. The third-order valence-corrected chi connectivity index (χ3v) is 4.28. The highest BCUT2D eigenvalue weighted by molar-refractivity contribution is 6.30. The lowest BCUT2D eigenvalue weighted by molar-refractivity contribution is -0.123. The van der Waals surface area contributed by atoms with Gasteiger partial charge < -0.3 is 4.74 Å². The first-order chi connectivity index (χ1) is 12.0. The van der Waals surface area contributed by atoms with E-state index in [9.17, 15) is 4.79 Å². The lowest BCUT2D eigenvalue weighted by Gasteiger charge is -2.15. The fraction of sp³-hybridized carbons (Fsp3) is 0.300. The molecule has 1 unspecified atom stereocenters. The Morgan fingerprint density at radius 1 is 1.20 bits per heavy atom. The molecule has 5 heteroatoms. The summed E-state index contributed by atoms with van der Waals surface area (Å²) in [6.07, 6.45) is 1.01. The van der Waals surface area contributed by atoms with Crippen LogP contribution in [0.2, 0.25) is 5.02 Å². The summed E-state index contributed by atoms with van der Waals surface area (Å²) in [5.74, 6) is 0.821. The number of benzene rings is 2. The summed E-state index contributed by atoms with van der Waals surface area (Å²) in [4.78, 5) is 12.0. The number of rotatable bonds is 7. The molecule has 2 rings (SSSR count). The van der Waals surface area contributed by atoms with Crippen LogP contribution in [0.3, 0.4) is 0 Å². The second-order valence-electron chi connectivity index (χ2n) is 5.87. The SMILES string of the molecule is CCC(C)c1ccccc1OCC(=O)N/N=C(\C)c1ccc(Cl)cc1. The molecule has 0 aliphatic heterocycles. The van der Waals surface area contributed by atoms with Gasteiger partial charge in [0.25, 0.3) is 5.91 Å². The van der Waals surface area contributed by atoms with E-state index in [0.717, 1.165) is 23.3 Å². The summed E-state index contributed by atoms with van der Waals surface area (Å²) >= 11 is 5.86. The van der Waals surface area contributed by atoms with Gasteiger partial charge in [-0.1, -0.05) is 55.8 Å². The zero-order valence-corrected chi connectivity index (χ0v) is 15.5. The van der Waals surface area contributed by atoms with Gasteiger partial charge in [-0.15, -0.1) is 0 Å². The Kier molecular flexibility index (Phi) is 7.02. The molecule has 0 radical (unpaired) electrons. The van der Waals surface area contributed by atoms with E-state index >= 15 is 0 Å². The van der Waals surface area contributed by atoms with Crippen LogP contribution in [0.25, 0.3) is 0 Å². The second kappa shape index (κ2) is 9.23. The number of ether oxygens (including phenoxy) is 1. The maximum atomic E-state index is 12.0. The summed E-state index contributed by atoms with van der Waals surface area (Å²) in [7, 11) is 0. The van der Waals surface area contributed by atoms with Crippen LogP contribution in [-0.4, -0.2) is 18.2 Å². The molecule has 0 aliphatic carbocycles. The smallest absolute Gasteiger partial charge is 0.277 e. The number of hydrazone groups is 1. The summed E-state index contributed by atoms with van der Waals surface area (Å²) in [5.41, 5.74) is 5.22. The zero-order chi connectivity index (χ0) is 18.2. The first-order valence-corrected chi connectivity index (χ1v) is 8.69. The van der Waals surface area contributed by atoms with Gasteiger partial charge in [-0.2, -0.15) is 5.10 Å². The number of nitrogens with one attached hydrogen (secondary N) is 1. The molecule has 4 nitrogen and oxygen atoms in total. The minimum Gasteiger partial charge on any atom is -0.483 e. The molecule has 0 spiro atoms. The molecular formula is C20H23ClN2O2. The molecule has 0 aliphatic rings. The molecule has 1 atom stereocenters. The average molecular weight is 359 g/mol. The Bertz CT molecular complexity index is 742. The number of amides is 1. The van der Waals surface area contributed by atoms with E-state index in [4.69, 9.17) is 16.3 Å². The number of hydrogen-bond acceptors (Lipinski definition) is 3. The van der Waals surface area contributed by atoms with Crippen molar-refractivity contribution in [3.8, 4) is 5.75 Å². The molecule has 2 aromatic carbocycles. The summed E-state index contributed by atoms with van der Waals surface area (Å²) in [6.45, 7) is 6.01. The summed E-state index contributed by atoms with van der Waals surface area (Å²) in [6, 6.07) is 15.1. The Balaban J connectivity index is 1.93. The molecule has 132 valence electrons. The van der Waals surface area contributed by atoms with Gasteiger partial charge in [-0.05, 0) is 48.6 Å². The lowest BCUT2D eigenvalue weighted by atomic mass is 9.98. The summed E-state index contributed by atoms with van der Waals surface area (Å²) in [5, 5.41) is 4.77. The number of halogens is 1. The first-order valence-electron chi connectivity index (χ1n) is 8.32. The van der Waals surface area contributed by atoms with Crippen LogP contribution in [0.4, 0.5) is 0 Å². The van der Waals surface area contributed by atoms with Crippen molar-refractivity contribution in [2.45, 2.75) is 33.1 Å². The molecule has 0 aromatic heterocycles. The van der Waals surface area contributed by atoms with E-state index in [1.165, 1.54) is 0 Å². The molecule has 0 heterocycles. The summed E-state index contributed by atoms with van der Waals surface area (Å²) < 4.78 is 5.68. The molecule has 1 N–H and O–H groups in total. The molecule has 0 saturated heterocycles.